The summed E-state index contributed by atoms with van der Waals surface area (Å²) in [5.74, 6) is 0.599. The van der Waals surface area contributed by atoms with Crippen molar-refractivity contribution in [3.8, 4) is 11.4 Å². The van der Waals surface area contributed by atoms with Crippen LogP contribution >= 0.6 is 0 Å². The van der Waals surface area contributed by atoms with Gasteiger partial charge in [-0.3, -0.25) is 4.79 Å². The van der Waals surface area contributed by atoms with Crippen molar-refractivity contribution in [3.63, 3.8) is 0 Å². The highest BCUT2D eigenvalue weighted by Gasteiger charge is 2.12. The van der Waals surface area contributed by atoms with Gasteiger partial charge in [0.2, 0.25) is 0 Å². The summed E-state index contributed by atoms with van der Waals surface area (Å²) in [4.78, 5) is 12.1. The fraction of sp³-hybridized carbons (Fsp3) is 0.429. The Hall–Kier alpha value is -2.24. The summed E-state index contributed by atoms with van der Waals surface area (Å²) in [6.07, 6.45) is 0.902. The molecule has 0 fully saturated rings. The van der Waals surface area contributed by atoms with Crippen molar-refractivity contribution in [1.82, 2.24) is 25.5 Å². The molecule has 106 valence electrons. The first-order chi connectivity index (χ1) is 9.65. The Morgan fingerprint density at radius 2 is 2.20 bits per heavy atom. The van der Waals surface area contributed by atoms with Crippen molar-refractivity contribution in [2.24, 2.45) is 0 Å². The highest BCUT2D eigenvalue weighted by molar-refractivity contribution is 5.95. The molecule has 0 bridgehead atoms. The summed E-state index contributed by atoms with van der Waals surface area (Å²) < 4.78 is 1.70. The lowest BCUT2D eigenvalue weighted by atomic mass is 10.1. The molecule has 2 aromatic rings. The van der Waals surface area contributed by atoms with Crippen LogP contribution < -0.4 is 5.32 Å². The number of benzene rings is 1. The summed E-state index contributed by atoms with van der Waals surface area (Å²) in [5.41, 5.74) is 1.46. The van der Waals surface area contributed by atoms with E-state index in [0.29, 0.717) is 17.9 Å². The molecule has 0 saturated carbocycles. The zero-order chi connectivity index (χ0) is 14.5. The van der Waals surface area contributed by atoms with Crippen molar-refractivity contribution in [3.05, 3.63) is 29.8 Å². The van der Waals surface area contributed by atoms with E-state index in [9.17, 15) is 4.79 Å². The van der Waals surface area contributed by atoms with Crippen molar-refractivity contribution in [2.75, 3.05) is 0 Å². The number of carbonyl (C=O) groups is 1. The largest absolute Gasteiger partial charge is 0.350 e. The molecule has 1 atom stereocenters. The van der Waals surface area contributed by atoms with Crippen LogP contribution in [0.15, 0.2) is 24.3 Å². The number of hydrogen-bond donors (Lipinski definition) is 1. The van der Waals surface area contributed by atoms with Crippen molar-refractivity contribution in [2.45, 2.75) is 39.8 Å². The number of nitrogens with zero attached hydrogens (tertiary/aromatic N) is 4. The zero-order valence-electron chi connectivity index (χ0n) is 12.0. The molecule has 6 nitrogen and oxygen atoms in total. The van der Waals surface area contributed by atoms with Gasteiger partial charge in [0.15, 0.2) is 5.82 Å². The molecule has 1 N–H and O–H groups in total. The van der Waals surface area contributed by atoms with Gasteiger partial charge in [-0.1, -0.05) is 19.1 Å². The third-order valence-electron chi connectivity index (χ3n) is 3.20. The Labute approximate surface area is 118 Å². The number of aryl methyl sites for hydroxylation is 1. The molecule has 0 aliphatic carbocycles. The van der Waals surface area contributed by atoms with E-state index in [-0.39, 0.29) is 11.9 Å². The van der Waals surface area contributed by atoms with Gasteiger partial charge in [0.1, 0.15) is 0 Å². The predicted molar refractivity (Wildman–Crippen MR) is 76.1 cm³/mol. The highest BCUT2D eigenvalue weighted by Crippen LogP contribution is 2.17. The first kappa shape index (κ1) is 14.2. The van der Waals surface area contributed by atoms with Gasteiger partial charge in [-0.05, 0) is 42.8 Å². The molecule has 0 aliphatic heterocycles. The minimum Gasteiger partial charge on any atom is -0.350 e. The predicted octanol–water partition coefficient (Wildman–Crippen LogP) is 1.89. The molecule has 1 heterocycles. The van der Waals surface area contributed by atoms with Gasteiger partial charge < -0.3 is 5.32 Å². The minimum absolute atomic E-state index is 0.0725. The van der Waals surface area contributed by atoms with Gasteiger partial charge >= 0.3 is 0 Å². The topological polar surface area (TPSA) is 72.7 Å². The lowest BCUT2D eigenvalue weighted by molar-refractivity contribution is 0.0939. The molecule has 20 heavy (non-hydrogen) atoms. The Kier molecular flexibility index (Phi) is 4.45. The fourth-order valence-electron chi connectivity index (χ4n) is 1.83. The summed E-state index contributed by atoms with van der Waals surface area (Å²) in [6, 6.07) is 7.51. The van der Waals surface area contributed by atoms with Gasteiger partial charge in [-0.15, -0.1) is 5.10 Å². The summed E-state index contributed by atoms with van der Waals surface area (Å²) in [6.45, 7) is 6.68. The summed E-state index contributed by atoms with van der Waals surface area (Å²) in [7, 11) is 0. The molecule has 0 saturated heterocycles. The van der Waals surface area contributed by atoms with Gasteiger partial charge in [0.25, 0.3) is 5.91 Å². The van der Waals surface area contributed by atoms with E-state index < -0.39 is 0 Å². The van der Waals surface area contributed by atoms with Crippen molar-refractivity contribution >= 4 is 5.91 Å². The quantitative estimate of drug-likeness (QED) is 0.903. The molecule has 1 aromatic heterocycles. The van der Waals surface area contributed by atoms with Crippen LogP contribution in [-0.2, 0) is 6.54 Å². The van der Waals surface area contributed by atoms with E-state index in [4.69, 9.17) is 0 Å². The van der Waals surface area contributed by atoms with E-state index in [1.807, 2.05) is 39.0 Å². The fourth-order valence-corrected chi connectivity index (χ4v) is 1.83. The van der Waals surface area contributed by atoms with Crippen molar-refractivity contribution < 1.29 is 4.79 Å². The van der Waals surface area contributed by atoms with E-state index >= 15 is 0 Å². The third kappa shape index (κ3) is 3.01. The van der Waals surface area contributed by atoms with Gasteiger partial charge in [0, 0.05) is 23.7 Å². The zero-order valence-corrected chi connectivity index (χ0v) is 12.0. The molecular weight excluding hydrogens is 254 g/mol. The molecule has 6 heteroatoms. The SMILES string of the molecule is CCC(C)NC(=O)c1cccc(-c2nnnn2CC)c1. The second-order valence-electron chi connectivity index (χ2n) is 4.68. The maximum Gasteiger partial charge on any atom is 0.251 e. The number of tetrazole rings is 1. The van der Waals surface area contributed by atoms with Gasteiger partial charge in [-0.2, -0.15) is 0 Å². The van der Waals surface area contributed by atoms with E-state index in [1.54, 1.807) is 10.7 Å². The van der Waals surface area contributed by atoms with Crippen LogP contribution in [0.5, 0.6) is 0 Å². The summed E-state index contributed by atoms with van der Waals surface area (Å²) in [5, 5.41) is 14.5. The van der Waals surface area contributed by atoms with Crippen LogP contribution in [0, 0.1) is 0 Å². The van der Waals surface area contributed by atoms with Crippen LogP contribution in [0.4, 0.5) is 0 Å². The molecule has 0 spiro atoms. The second kappa shape index (κ2) is 6.27. The van der Waals surface area contributed by atoms with Crippen LogP contribution in [0.1, 0.15) is 37.6 Å². The lowest BCUT2D eigenvalue weighted by Gasteiger charge is -2.11. The number of nitrogens with one attached hydrogen (secondary N) is 1. The van der Waals surface area contributed by atoms with E-state index in [0.717, 1.165) is 12.0 Å². The first-order valence-electron chi connectivity index (χ1n) is 6.83. The maximum absolute atomic E-state index is 12.1. The van der Waals surface area contributed by atoms with Gasteiger partial charge in [0.05, 0.1) is 0 Å². The second-order valence-corrected chi connectivity index (χ2v) is 4.68. The normalized spacial score (nSPS) is 12.2. The minimum atomic E-state index is -0.0725. The molecule has 2 rings (SSSR count). The molecular formula is C14H19N5O. The standard InChI is InChI=1S/C14H19N5O/c1-4-10(3)15-14(20)12-8-6-7-11(9-12)13-16-17-18-19(13)5-2/h6-10H,4-5H2,1-3H3,(H,15,20). The number of aromatic nitrogens is 4. The molecule has 1 unspecified atom stereocenters. The van der Waals surface area contributed by atoms with E-state index in [2.05, 4.69) is 20.8 Å². The van der Waals surface area contributed by atoms with Crippen LogP contribution in [0.3, 0.4) is 0 Å². The lowest BCUT2D eigenvalue weighted by Crippen LogP contribution is -2.31. The van der Waals surface area contributed by atoms with E-state index in [1.165, 1.54) is 0 Å². The van der Waals surface area contributed by atoms with Gasteiger partial charge in [-0.25, -0.2) is 4.68 Å². The number of carbonyl (C=O) groups excluding carboxylic acids is 1. The Bertz CT molecular complexity index is 593. The first-order valence-corrected chi connectivity index (χ1v) is 6.83. The maximum atomic E-state index is 12.1. The smallest absolute Gasteiger partial charge is 0.251 e. The van der Waals surface area contributed by atoms with Crippen LogP contribution in [-0.4, -0.2) is 32.2 Å². The highest BCUT2D eigenvalue weighted by atomic mass is 16.1. The molecule has 0 aliphatic rings. The average Bonchev–Trinajstić information content (AvgIpc) is 2.95. The Morgan fingerprint density at radius 3 is 2.90 bits per heavy atom. The molecule has 1 amide bonds. The van der Waals surface area contributed by atoms with Crippen LogP contribution in [0.2, 0.25) is 0 Å². The number of hydrogen-bond acceptors (Lipinski definition) is 4. The Balaban J connectivity index is 2.26. The number of amides is 1. The third-order valence-corrected chi connectivity index (χ3v) is 3.20. The van der Waals surface area contributed by atoms with Crippen LogP contribution in [0.25, 0.3) is 11.4 Å². The Morgan fingerprint density at radius 1 is 1.40 bits per heavy atom. The molecule has 1 aromatic carbocycles. The number of rotatable bonds is 5. The van der Waals surface area contributed by atoms with Crippen molar-refractivity contribution in [1.29, 1.82) is 0 Å². The molecule has 0 radical (unpaired) electrons. The summed E-state index contributed by atoms with van der Waals surface area (Å²) >= 11 is 0. The average molecular weight is 273 g/mol. The monoisotopic (exact) mass is 273 g/mol.